The van der Waals surface area contributed by atoms with Crippen LogP contribution in [-0.4, -0.2) is 43.1 Å². The number of nitrogens with one attached hydrogen (secondary N) is 1. The summed E-state index contributed by atoms with van der Waals surface area (Å²) in [5, 5.41) is 5.54. The topological polar surface area (TPSA) is 33.7 Å². The number of piperidine rings is 1. The van der Waals surface area contributed by atoms with Gasteiger partial charge in [-0.2, -0.15) is 5.06 Å². The van der Waals surface area contributed by atoms with Gasteiger partial charge in [0.1, 0.15) is 0 Å². The molecule has 0 unspecified atom stereocenters. The summed E-state index contributed by atoms with van der Waals surface area (Å²) in [4.78, 5) is 5.55. The molecule has 1 aliphatic heterocycles. The van der Waals surface area contributed by atoms with Crippen LogP contribution in [0.1, 0.15) is 40.5 Å². The van der Waals surface area contributed by atoms with Gasteiger partial charge in [-0.25, -0.2) is 0 Å². The van der Waals surface area contributed by atoms with E-state index < -0.39 is 0 Å². The van der Waals surface area contributed by atoms with Gasteiger partial charge in [0.2, 0.25) is 0 Å². The quantitative estimate of drug-likeness (QED) is 0.746. The molecule has 0 amide bonds. The highest BCUT2D eigenvalue weighted by atomic mass is 16.7. The summed E-state index contributed by atoms with van der Waals surface area (Å²) in [6, 6.07) is 0.483. The third-order valence-corrected chi connectivity index (χ3v) is 3.29. The summed E-state index contributed by atoms with van der Waals surface area (Å²) in [5.41, 5.74) is 0.0871. The van der Waals surface area contributed by atoms with E-state index >= 15 is 0 Å². The minimum atomic E-state index is 0.0436. The Hall–Kier alpha value is -0.160. The van der Waals surface area contributed by atoms with E-state index in [9.17, 15) is 0 Å². The van der Waals surface area contributed by atoms with Gasteiger partial charge in [-0.15, -0.1) is 0 Å². The second-order valence-electron chi connectivity index (χ2n) is 5.84. The van der Waals surface area contributed by atoms with Crippen molar-refractivity contribution in [2.45, 2.75) is 57.7 Å². The van der Waals surface area contributed by atoms with Crippen LogP contribution in [0.15, 0.2) is 0 Å². The van der Waals surface area contributed by atoms with Crippen molar-refractivity contribution >= 4 is 0 Å². The molecule has 1 rings (SSSR count). The van der Waals surface area contributed by atoms with Crippen LogP contribution < -0.4 is 5.32 Å². The first-order valence-corrected chi connectivity index (χ1v) is 5.90. The minimum Gasteiger partial charge on any atom is -0.370 e. The van der Waals surface area contributed by atoms with Crippen LogP contribution in [0.2, 0.25) is 0 Å². The maximum Gasteiger partial charge on any atom is 0.0963 e. The first-order chi connectivity index (χ1) is 7.33. The Morgan fingerprint density at radius 1 is 1.12 bits per heavy atom. The zero-order chi connectivity index (χ0) is 12.4. The smallest absolute Gasteiger partial charge is 0.0963 e. The molecule has 1 aliphatic rings. The molecule has 0 saturated carbocycles. The van der Waals surface area contributed by atoms with Gasteiger partial charge in [0.15, 0.2) is 0 Å². The lowest BCUT2D eigenvalue weighted by molar-refractivity contribution is -0.267. The van der Waals surface area contributed by atoms with Crippen molar-refractivity contribution in [3.8, 4) is 0 Å². The average molecular weight is 230 g/mol. The van der Waals surface area contributed by atoms with E-state index in [4.69, 9.17) is 9.57 Å². The molecule has 1 fully saturated rings. The van der Waals surface area contributed by atoms with E-state index in [1.165, 1.54) is 0 Å². The molecular formula is C12H26N2O2. The van der Waals surface area contributed by atoms with Crippen LogP contribution in [0.4, 0.5) is 0 Å². The Bertz CT molecular complexity index is 211. The number of hydrogen-bond donors (Lipinski definition) is 1. The SMILES string of the molecule is COCNC1CC(C)(C)N(OC)C(C)(C)C1. The number of rotatable bonds is 4. The van der Waals surface area contributed by atoms with Crippen LogP contribution in [-0.2, 0) is 9.57 Å². The number of nitrogens with zero attached hydrogens (tertiary/aromatic N) is 1. The highest BCUT2D eigenvalue weighted by molar-refractivity contribution is 4.98. The molecule has 1 heterocycles. The number of hydroxylamine groups is 2. The van der Waals surface area contributed by atoms with Gasteiger partial charge >= 0.3 is 0 Å². The fourth-order valence-corrected chi connectivity index (χ4v) is 3.10. The first kappa shape index (κ1) is 13.9. The van der Waals surface area contributed by atoms with Gasteiger partial charge in [-0.1, -0.05) is 0 Å². The maximum absolute atomic E-state index is 5.55. The van der Waals surface area contributed by atoms with E-state index in [1.54, 1.807) is 14.2 Å². The number of methoxy groups -OCH3 is 1. The third kappa shape index (κ3) is 2.94. The molecule has 4 heteroatoms. The highest BCUT2D eigenvalue weighted by Gasteiger charge is 2.45. The van der Waals surface area contributed by atoms with Crippen molar-refractivity contribution in [2.24, 2.45) is 0 Å². The second kappa shape index (κ2) is 5.00. The lowest BCUT2D eigenvalue weighted by Gasteiger charge is -2.53. The molecular weight excluding hydrogens is 204 g/mol. The molecule has 0 bridgehead atoms. The molecule has 0 aliphatic carbocycles. The Kier molecular flexibility index (Phi) is 4.35. The molecule has 96 valence electrons. The summed E-state index contributed by atoms with van der Waals surface area (Å²) < 4.78 is 5.08. The molecule has 0 aromatic heterocycles. The summed E-state index contributed by atoms with van der Waals surface area (Å²) in [6.07, 6.45) is 2.13. The van der Waals surface area contributed by atoms with Gasteiger partial charge < -0.3 is 9.57 Å². The molecule has 0 spiro atoms. The van der Waals surface area contributed by atoms with Crippen molar-refractivity contribution < 1.29 is 9.57 Å². The molecule has 1 saturated heterocycles. The normalized spacial score (nSPS) is 25.9. The zero-order valence-electron chi connectivity index (χ0n) is 11.5. The van der Waals surface area contributed by atoms with Crippen molar-refractivity contribution in [2.75, 3.05) is 21.0 Å². The van der Waals surface area contributed by atoms with Crippen LogP contribution in [0.5, 0.6) is 0 Å². The third-order valence-electron chi connectivity index (χ3n) is 3.29. The Balaban J connectivity index is 2.72. The molecule has 16 heavy (non-hydrogen) atoms. The molecule has 0 aromatic rings. The average Bonchev–Trinajstić information content (AvgIpc) is 2.11. The summed E-state index contributed by atoms with van der Waals surface area (Å²) >= 11 is 0. The van der Waals surface area contributed by atoms with Crippen molar-refractivity contribution in [1.29, 1.82) is 0 Å². The summed E-state index contributed by atoms with van der Waals surface area (Å²) in [6.45, 7) is 9.50. The molecule has 0 aromatic carbocycles. The monoisotopic (exact) mass is 230 g/mol. The first-order valence-electron chi connectivity index (χ1n) is 5.90. The van der Waals surface area contributed by atoms with Crippen LogP contribution in [0.25, 0.3) is 0 Å². The van der Waals surface area contributed by atoms with Crippen molar-refractivity contribution in [3.05, 3.63) is 0 Å². The molecule has 0 atom stereocenters. The predicted octanol–water partition coefficient (Wildman–Crippen LogP) is 1.76. The predicted molar refractivity (Wildman–Crippen MR) is 65.0 cm³/mol. The molecule has 4 nitrogen and oxygen atoms in total. The Morgan fingerprint density at radius 3 is 2.00 bits per heavy atom. The van der Waals surface area contributed by atoms with Gasteiger partial charge in [0.25, 0.3) is 0 Å². The largest absolute Gasteiger partial charge is 0.370 e. The van der Waals surface area contributed by atoms with Crippen LogP contribution in [0.3, 0.4) is 0 Å². The minimum absolute atomic E-state index is 0.0436. The van der Waals surface area contributed by atoms with E-state index in [0.29, 0.717) is 12.8 Å². The fraction of sp³-hybridized carbons (Fsp3) is 1.00. The summed E-state index contributed by atoms with van der Waals surface area (Å²) in [5.74, 6) is 0. The molecule has 0 radical (unpaired) electrons. The highest BCUT2D eigenvalue weighted by Crippen LogP contribution is 2.38. The van der Waals surface area contributed by atoms with Gasteiger partial charge in [0.05, 0.1) is 13.8 Å². The van der Waals surface area contributed by atoms with Gasteiger partial charge in [-0.05, 0) is 40.5 Å². The van der Waals surface area contributed by atoms with E-state index in [1.807, 2.05) is 0 Å². The van der Waals surface area contributed by atoms with Crippen molar-refractivity contribution in [3.63, 3.8) is 0 Å². The lowest BCUT2D eigenvalue weighted by Crippen LogP contribution is -2.63. The van der Waals surface area contributed by atoms with Crippen LogP contribution in [0, 0.1) is 0 Å². The van der Waals surface area contributed by atoms with Gasteiger partial charge in [0, 0.05) is 24.2 Å². The number of hydrogen-bond acceptors (Lipinski definition) is 4. The Morgan fingerprint density at radius 2 is 1.62 bits per heavy atom. The lowest BCUT2D eigenvalue weighted by atomic mass is 9.79. The van der Waals surface area contributed by atoms with E-state index in [2.05, 4.69) is 38.1 Å². The summed E-state index contributed by atoms with van der Waals surface area (Å²) in [7, 11) is 3.47. The molecule has 1 N–H and O–H groups in total. The zero-order valence-corrected chi connectivity index (χ0v) is 11.5. The van der Waals surface area contributed by atoms with E-state index in [0.717, 1.165) is 12.8 Å². The standard InChI is InChI=1S/C12H26N2O2/c1-11(2)7-10(13-9-15-5)8-12(3,4)14(11)16-6/h10,13H,7-9H2,1-6H3. The second-order valence-corrected chi connectivity index (χ2v) is 5.84. The van der Waals surface area contributed by atoms with E-state index in [-0.39, 0.29) is 11.1 Å². The fourth-order valence-electron chi connectivity index (χ4n) is 3.10. The maximum atomic E-state index is 5.55. The Labute approximate surface area is 99.2 Å². The van der Waals surface area contributed by atoms with Crippen LogP contribution >= 0.6 is 0 Å². The van der Waals surface area contributed by atoms with Gasteiger partial charge in [-0.3, -0.25) is 5.32 Å². The van der Waals surface area contributed by atoms with Crippen molar-refractivity contribution in [1.82, 2.24) is 10.4 Å². The number of ether oxygens (including phenoxy) is 1.